The van der Waals surface area contributed by atoms with Crippen LogP contribution in [0.2, 0.25) is 0 Å². The van der Waals surface area contributed by atoms with Crippen molar-refractivity contribution in [1.82, 2.24) is 0 Å². The molecule has 14 heavy (non-hydrogen) atoms. The molecule has 0 aromatic carbocycles. The largest absolute Gasteiger partial charge is 0.502 e. The molecule has 3 nitrogen and oxygen atoms in total. The number of hydrogen-bond acceptors (Lipinski definition) is 3. The zero-order valence-corrected chi connectivity index (χ0v) is 9.80. The molecule has 0 unspecified atom stereocenters. The number of nitrogens with two attached hydrogens (primary N) is 1. The van der Waals surface area contributed by atoms with E-state index in [1.54, 1.807) is 7.11 Å². The summed E-state index contributed by atoms with van der Waals surface area (Å²) >= 11 is 0. The van der Waals surface area contributed by atoms with Gasteiger partial charge in [-0.3, -0.25) is 0 Å². The summed E-state index contributed by atoms with van der Waals surface area (Å²) in [5, 5.41) is 0. The van der Waals surface area contributed by atoms with Gasteiger partial charge in [-0.05, 0) is 46.2 Å². The minimum absolute atomic E-state index is 0.0934. The fourth-order valence-corrected chi connectivity index (χ4v) is 1.07. The third-order valence-corrected chi connectivity index (χ3v) is 2.15. The van der Waals surface area contributed by atoms with Crippen molar-refractivity contribution in [2.45, 2.75) is 39.2 Å². The average Bonchev–Trinajstić information content (AvgIpc) is 2.14. The Morgan fingerprint density at radius 3 is 2.57 bits per heavy atom. The first-order valence-electron chi connectivity index (χ1n) is 5.06. The van der Waals surface area contributed by atoms with E-state index in [-0.39, 0.29) is 5.60 Å². The van der Waals surface area contributed by atoms with Crippen molar-refractivity contribution in [3.8, 4) is 0 Å². The molecule has 0 rings (SSSR count). The Hall–Kier alpha value is -0.540. The van der Waals surface area contributed by atoms with E-state index in [0.29, 0.717) is 6.61 Å². The average molecular weight is 201 g/mol. The van der Waals surface area contributed by atoms with Crippen molar-refractivity contribution >= 4 is 0 Å². The number of allylic oxidation sites excluding steroid dienone is 1. The molecule has 0 heterocycles. The molecular formula is C11H23NO2. The van der Waals surface area contributed by atoms with Crippen molar-refractivity contribution in [2.75, 3.05) is 20.3 Å². The highest BCUT2D eigenvalue weighted by Crippen LogP contribution is 2.16. The summed E-state index contributed by atoms with van der Waals surface area (Å²) in [6.45, 7) is 7.39. The minimum Gasteiger partial charge on any atom is -0.502 e. The maximum atomic E-state index is 5.69. The predicted octanol–water partition coefficient (Wildman–Crippen LogP) is 2.07. The second-order valence-corrected chi connectivity index (χ2v) is 3.98. The Balaban J connectivity index is 3.75. The molecule has 0 aromatic rings. The highest BCUT2D eigenvalue weighted by atomic mass is 16.5. The van der Waals surface area contributed by atoms with Crippen molar-refractivity contribution < 1.29 is 9.47 Å². The first-order chi connectivity index (χ1) is 6.52. The Kier molecular flexibility index (Phi) is 6.58. The molecule has 0 atom stereocenters. The summed E-state index contributed by atoms with van der Waals surface area (Å²) in [6.07, 6.45) is 3.92. The van der Waals surface area contributed by atoms with Gasteiger partial charge in [0.15, 0.2) is 0 Å². The summed E-state index contributed by atoms with van der Waals surface area (Å²) in [5.74, 6) is 0.889. The van der Waals surface area contributed by atoms with Crippen molar-refractivity contribution in [1.29, 1.82) is 0 Å². The molecule has 3 heteroatoms. The minimum atomic E-state index is -0.0934. The monoisotopic (exact) mass is 201 g/mol. The molecule has 0 aliphatic carbocycles. The van der Waals surface area contributed by atoms with Gasteiger partial charge >= 0.3 is 0 Å². The third-order valence-electron chi connectivity index (χ3n) is 2.15. The van der Waals surface area contributed by atoms with Crippen LogP contribution in [0.3, 0.4) is 0 Å². The van der Waals surface area contributed by atoms with Gasteiger partial charge < -0.3 is 15.2 Å². The lowest BCUT2D eigenvalue weighted by Gasteiger charge is -2.24. The smallest absolute Gasteiger partial charge is 0.0907 e. The highest BCUT2D eigenvalue weighted by molar-refractivity contribution is 4.88. The van der Waals surface area contributed by atoms with E-state index in [0.717, 1.165) is 25.1 Å². The third kappa shape index (κ3) is 6.92. The fourth-order valence-electron chi connectivity index (χ4n) is 1.07. The van der Waals surface area contributed by atoms with Crippen LogP contribution in [0.5, 0.6) is 0 Å². The summed E-state index contributed by atoms with van der Waals surface area (Å²) < 4.78 is 10.7. The van der Waals surface area contributed by atoms with E-state index in [9.17, 15) is 0 Å². The molecule has 0 aromatic heterocycles. The molecule has 84 valence electrons. The van der Waals surface area contributed by atoms with Crippen LogP contribution < -0.4 is 5.73 Å². The Labute approximate surface area is 87.3 Å². The predicted molar refractivity (Wildman–Crippen MR) is 59.1 cm³/mol. The lowest BCUT2D eigenvalue weighted by atomic mass is 10.0. The van der Waals surface area contributed by atoms with E-state index in [2.05, 4.69) is 13.8 Å². The normalized spacial score (nSPS) is 13.1. The van der Waals surface area contributed by atoms with E-state index in [1.807, 2.05) is 13.0 Å². The van der Waals surface area contributed by atoms with Crippen molar-refractivity contribution in [3.05, 3.63) is 11.8 Å². The van der Waals surface area contributed by atoms with Crippen LogP contribution in [0.25, 0.3) is 0 Å². The zero-order valence-electron chi connectivity index (χ0n) is 9.80. The number of rotatable bonds is 7. The van der Waals surface area contributed by atoms with Gasteiger partial charge in [-0.15, -0.1) is 0 Å². The maximum Gasteiger partial charge on any atom is 0.0907 e. The number of ether oxygens (including phenoxy) is 2. The highest BCUT2D eigenvalue weighted by Gasteiger charge is 2.16. The molecule has 0 spiro atoms. The summed E-state index contributed by atoms with van der Waals surface area (Å²) in [6, 6.07) is 0. The maximum absolute atomic E-state index is 5.69. The van der Waals surface area contributed by atoms with Gasteiger partial charge in [-0.1, -0.05) is 0 Å². The molecule has 0 fully saturated rings. The number of hydrogen-bond donors (Lipinski definition) is 1. The van der Waals surface area contributed by atoms with E-state index >= 15 is 0 Å². The second kappa shape index (κ2) is 6.85. The molecule has 0 radical (unpaired) electrons. The van der Waals surface area contributed by atoms with Gasteiger partial charge in [0, 0.05) is 0 Å². The van der Waals surface area contributed by atoms with Crippen molar-refractivity contribution in [2.24, 2.45) is 5.73 Å². The van der Waals surface area contributed by atoms with E-state index in [1.165, 1.54) is 0 Å². The molecule has 0 saturated heterocycles. The standard InChI is InChI=1S/C11H23NO2/c1-10(13-4)6-9-14-11(2,3)7-5-8-12/h6H,5,7-9,12H2,1-4H3/b10-6+. The molecule has 0 amide bonds. The molecular weight excluding hydrogens is 178 g/mol. The summed E-state index contributed by atoms with van der Waals surface area (Å²) in [7, 11) is 1.66. The van der Waals surface area contributed by atoms with Crippen LogP contribution in [0.4, 0.5) is 0 Å². The molecule has 0 aliphatic rings. The van der Waals surface area contributed by atoms with Gasteiger partial charge in [0.2, 0.25) is 0 Å². The summed E-state index contributed by atoms with van der Waals surface area (Å²) in [5.41, 5.74) is 5.35. The fraction of sp³-hybridized carbons (Fsp3) is 0.818. The van der Waals surface area contributed by atoms with E-state index in [4.69, 9.17) is 15.2 Å². The molecule has 2 N–H and O–H groups in total. The Morgan fingerprint density at radius 2 is 2.07 bits per heavy atom. The summed E-state index contributed by atoms with van der Waals surface area (Å²) in [4.78, 5) is 0. The van der Waals surface area contributed by atoms with Crippen LogP contribution >= 0.6 is 0 Å². The first-order valence-corrected chi connectivity index (χ1v) is 5.06. The first kappa shape index (κ1) is 13.5. The molecule has 0 bridgehead atoms. The molecule has 0 aliphatic heterocycles. The van der Waals surface area contributed by atoms with Gasteiger partial charge in [0.05, 0.1) is 25.1 Å². The molecule has 0 saturated carbocycles. The topological polar surface area (TPSA) is 44.5 Å². The lowest BCUT2D eigenvalue weighted by molar-refractivity contribution is -0.00909. The van der Waals surface area contributed by atoms with Crippen LogP contribution in [0, 0.1) is 0 Å². The van der Waals surface area contributed by atoms with Crippen molar-refractivity contribution in [3.63, 3.8) is 0 Å². The van der Waals surface area contributed by atoms with Gasteiger partial charge in [0.1, 0.15) is 0 Å². The second-order valence-electron chi connectivity index (χ2n) is 3.98. The zero-order chi connectivity index (χ0) is 11.0. The van der Waals surface area contributed by atoms with Crippen LogP contribution in [-0.2, 0) is 9.47 Å². The van der Waals surface area contributed by atoms with E-state index < -0.39 is 0 Å². The van der Waals surface area contributed by atoms with Gasteiger partial charge in [-0.25, -0.2) is 0 Å². The van der Waals surface area contributed by atoms with Crippen LogP contribution in [0.15, 0.2) is 11.8 Å². The van der Waals surface area contributed by atoms with Gasteiger partial charge in [-0.2, -0.15) is 0 Å². The lowest BCUT2D eigenvalue weighted by Crippen LogP contribution is -2.25. The van der Waals surface area contributed by atoms with Crippen LogP contribution in [0.1, 0.15) is 33.6 Å². The Bertz CT molecular complexity index is 176. The number of methoxy groups -OCH3 is 1. The van der Waals surface area contributed by atoms with Gasteiger partial charge in [0.25, 0.3) is 0 Å². The SMILES string of the molecule is CO/C(C)=C/COC(C)(C)CCCN. The van der Waals surface area contributed by atoms with Crippen LogP contribution in [-0.4, -0.2) is 25.9 Å². The Morgan fingerprint density at radius 1 is 1.43 bits per heavy atom. The quantitative estimate of drug-likeness (QED) is 0.641.